The topological polar surface area (TPSA) is 41.1 Å². The molecule has 2 N–H and O–H groups in total. The van der Waals surface area contributed by atoms with Crippen LogP contribution in [-0.2, 0) is 11.3 Å². The number of carbonyl (C=O) groups is 1. The number of benzene rings is 1. The number of amides is 1. The molecule has 1 saturated heterocycles. The standard InChI is InChI=1S/C14H18ClFN2O.ClH/c15-12-2-1-3-13(16)11(12)9-18-14(19)5-4-10-6-7-17-8-10;/h1-3,10,17H,4-9H2,(H,18,19);1H. The van der Waals surface area contributed by atoms with E-state index in [1.165, 1.54) is 6.07 Å². The van der Waals surface area contributed by atoms with Gasteiger partial charge in [0, 0.05) is 23.6 Å². The third kappa shape index (κ3) is 4.93. The van der Waals surface area contributed by atoms with Gasteiger partial charge in [0.15, 0.2) is 0 Å². The number of hydrogen-bond donors (Lipinski definition) is 2. The average Bonchev–Trinajstić information content (AvgIpc) is 2.89. The monoisotopic (exact) mass is 320 g/mol. The molecule has 1 amide bonds. The molecule has 1 aliphatic heterocycles. The second-order valence-corrected chi connectivity index (χ2v) is 5.28. The quantitative estimate of drug-likeness (QED) is 0.875. The molecule has 6 heteroatoms. The summed E-state index contributed by atoms with van der Waals surface area (Å²) in [6.07, 6.45) is 2.49. The normalized spacial score (nSPS) is 17.6. The molecule has 0 aliphatic carbocycles. The highest BCUT2D eigenvalue weighted by atomic mass is 35.5. The van der Waals surface area contributed by atoms with Gasteiger partial charge >= 0.3 is 0 Å². The highest BCUT2D eigenvalue weighted by molar-refractivity contribution is 6.31. The van der Waals surface area contributed by atoms with Crippen LogP contribution in [0.25, 0.3) is 0 Å². The summed E-state index contributed by atoms with van der Waals surface area (Å²) in [5.74, 6) is 0.154. The van der Waals surface area contributed by atoms with Gasteiger partial charge in [0.1, 0.15) is 5.82 Å². The molecule has 1 fully saturated rings. The Morgan fingerprint density at radius 1 is 1.50 bits per heavy atom. The van der Waals surface area contributed by atoms with Crippen molar-refractivity contribution in [2.75, 3.05) is 13.1 Å². The van der Waals surface area contributed by atoms with Crippen LogP contribution in [0, 0.1) is 11.7 Å². The minimum absolute atomic E-state index is 0. The lowest BCUT2D eigenvalue weighted by atomic mass is 10.0. The highest BCUT2D eigenvalue weighted by Crippen LogP contribution is 2.19. The highest BCUT2D eigenvalue weighted by Gasteiger charge is 2.16. The molecule has 1 aliphatic rings. The molecular weight excluding hydrogens is 302 g/mol. The van der Waals surface area contributed by atoms with Crippen molar-refractivity contribution < 1.29 is 9.18 Å². The van der Waals surface area contributed by atoms with Crippen LogP contribution >= 0.6 is 24.0 Å². The Bertz CT molecular complexity index is 431. The molecule has 0 spiro atoms. The molecule has 20 heavy (non-hydrogen) atoms. The molecule has 3 nitrogen and oxygen atoms in total. The number of carbonyl (C=O) groups excluding carboxylic acids is 1. The summed E-state index contributed by atoms with van der Waals surface area (Å²) in [6.45, 7) is 2.18. The smallest absolute Gasteiger partial charge is 0.220 e. The van der Waals surface area contributed by atoms with Crippen molar-refractivity contribution >= 4 is 29.9 Å². The molecule has 1 unspecified atom stereocenters. The Kier molecular flexibility index (Phi) is 7.27. The molecule has 1 aromatic carbocycles. The summed E-state index contributed by atoms with van der Waals surface area (Å²) in [5.41, 5.74) is 0.347. The zero-order valence-electron chi connectivity index (χ0n) is 11.1. The van der Waals surface area contributed by atoms with Crippen molar-refractivity contribution in [1.82, 2.24) is 10.6 Å². The lowest BCUT2D eigenvalue weighted by Gasteiger charge is -2.10. The predicted molar refractivity (Wildman–Crippen MR) is 80.7 cm³/mol. The number of halogens is 3. The Balaban J connectivity index is 0.00000200. The van der Waals surface area contributed by atoms with Gasteiger partial charge in [-0.05, 0) is 44.0 Å². The van der Waals surface area contributed by atoms with Gasteiger partial charge in [-0.15, -0.1) is 12.4 Å². The Labute approximate surface area is 129 Å². The van der Waals surface area contributed by atoms with Crippen molar-refractivity contribution in [3.8, 4) is 0 Å². The molecular formula is C14H19Cl2FN2O. The fourth-order valence-corrected chi connectivity index (χ4v) is 2.50. The van der Waals surface area contributed by atoms with E-state index in [9.17, 15) is 9.18 Å². The lowest BCUT2D eigenvalue weighted by molar-refractivity contribution is -0.121. The van der Waals surface area contributed by atoms with E-state index in [0.717, 1.165) is 25.9 Å². The summed E-state index contributed by atoms with van der Waals surface area (Å²) in [5, 5.41) is 6.34. The Morgan fingerprint density at radius 2 is 2.30 bits per heavy atom. The zero-order valence-corrected chi connectivity index (χ0v) is 12.7. The van der Waals surface area contributed by atoms with Crippen LogP contribution in [-0.4, -0.2) is 19.0 Å². The van der Waals surface area contributed by atoms with Gasteiger partial charge in [0.05, 0.1) is 0 Å². The summed E-state index contributed by atoms with van der Waals surface area (Å²) < 4.78 is 13.5. The van der Waals surface area contributed by atoms with E-state index in [4.69, 9.17) is 11.6 Å². The number of rotatable bonds is 5. The SMILES string of the molecule is Cl.O=C(CCC1CCNC1)NCc1c(F)cccc1Cl. The van der Waals surface area contributed by atoms with Crippen molar-refractivity contribution in [3.05, 3.63) is 34.6 Å². The molecule has 112 valence electrons. The fourth-order valence-electron chi connectivity index (χ4n) is 2.27. The second kappa shape index (κ2) is 8.45. The average molecular weight is 321 g/mol. The van der Waals surface area contributed by atoms with Gasteiger partial charge in [0.2, 0.25) is 5.91 Å². The molecule has 0 radical (unpaired) electrons. The molecule has 2 rings (SSSR count). The molecule has 0 aromatic heterocycles. The van der Waals surface area contributed by atoms with Gasteiger partial charge < -0.3 is 10.6 Å². The third-order valence-electron chi connectivity index (χ3n) is 3.47. The van der Waals surface area contributed by atoms with E-state index in [0.29, 0.717) is 22.9 Å². The summed E-state index contributed by atoms with van der Waals surface area (Å²) >= 11 is 5.89. The van der Waals surface area contributed by atoms with Crippen molar-refractivity contribution in [2.24, 2.45) is 5.92 Å². The number of hydrogen-bond acceptors (Lipinski definition) is 2. The van der Waals surface area contributed by atoms with Crippen LogP contribution < -0.4 is 10.6 Å². The van der Waals surface area contributed by atoms with E-state index in [1.807, 2.05) is 0 Å². The van der Waals surface area contributed by atoms with E-state index in [-0.39, 0.29) is 30.7 Å². The summed E-state index contributed by atoms with van der Waals surface area (Å²) in [6, 6.07) is 4.52. The maximum atomic E-state index is 13.5. The minimum Gasteiger partial charge on any atom is -0.352 e. The van der Waals surface area contributed by atoms with Gasteiger partial charge in [-0.2, -0.15) is 0 Å². The first-order valence-corrected chi connectivity index (χ1v) is 6.95. The van der Waals surface area contributed by atoms with Crippen molar-refractivity contribution in [2.45, 2.75) is 25.8 Å². The second-order valence-electron chi connectivity index (χ2n) is 4.87. The van der Waals surface area contributed by atoms with Gasteiger partial charge in [-0.3, -0.25) is 4.79 Å². The minimum atomic E-state index is -0.382. The first kappa shape index (κ1) is 17.2. The number of nitrogens with one attached hydrogen (secondary N) is 2. The van der Waals surface area contributed by atoms with E-state index >= 15 is 0 Å². The molecule has 0 bridgehead atoms. The lowest BCUT2D eigenvalue weighted by Crippen LogP contribution is -2.24. The van der Waals surface area contributed by atoms with Crippen molar-refractivity contribution in [1.29, 1.82) is 0 Å². The first-order chi connectivity index (χ1) is 9.16. The fraction of sp³-hybridized carbons (Fsp3) is 0.500. The van der Waals surface area contributed by atoms with Crippen LogP contribution in [0.1, 0.15) is 24.8 Å². The largest absolute Gasteiger partial charge is 0.352 e. The molecule has 1 atom stereocenters. The van der Waals surface area contributed by atoms with E-state index in [1.54, 1.807) is 12.1 Å². The van der Waals surface area contributed by atoms with Crippen LogP contribution in [0.4, 0.5) is 4.39 Å². The Morgan fingerprint density at radius 3 is 2.95 bits per heavy atom. The van der Waals surface area contributed by atoms with E-state index < -0.39 is 0 Å². The van der Waals surface area contributed by atoms with Crippen LogP contribution in [0.2, 0.25) is 5.02 Å². The maximum absolute atomic E-state index is 13.5. The molecule has 1 aromatic rings. The van der Waals surface area contributed by atoms with Gasteiger partial charge in [0.25, 0.3) is 0 Å². The summed E-state index contributed by atoms with van der Waals surface area (Å²) in [7, 11) is 0. The van der Waals surface area contributed by atoms with Crippen LogP contribution in [0.15, 0.2) is 18.2 Å². The van der Waals surface area contributed by atoms with Crippen molar-refractivity contribution in [3.63, 3.8) is 0 Å². The van der Waals surface area contributed by atoms with Gasteiger partial charge in [-0.1, -0.05) is 17.7 Å². The molecule has 0 saturated carbocycles. The predicted octanol–water partition coefficient (Wildman–Crippen LogP) is 2.91. The van der Waals surface area contributed by atoms with E-state index in [2.05, 4.69) is 10.6 Å². The van der Waals surface area contributed by atoms with Gasteiger partial charge in [-0.25, -0.2) is 4.39 Å². The van der Waals surface area contributed by atoms with Crippen LogP contribution in [0.3, 0.4) is 0 Å². The first-order valence-electron chi connectivity index (χ1n) is 6.57. The third-order valence-corrected chi connectivity index (χ3v) is 3.82. The molecule has 1 heterocycles. The maximum Gasteiger partial charge on any atom is 0.220 e. The summed E-state index contributed by atoms with van der Waals surface area (Å²) in [4.78, 5) is 11.7. The zero-order chi connectivity index (χ0) is 13.7. The Hall–Kier alpha value is -0.840. The van der Waals surface area contributed by atoms with Crippen LogP contribution in [0.5, 0.6) is 0 Å².